The van der Waals surface area contributed by atoms with Crippen LogP contribution in [-0.2, 0) is 0 Å². The lowest BCUT2D eigenvalue weighted by atomic mass is 10.2. The molecule has 7 heteroatoms. The number of amides is 1. The van der Waals surface area contributed by atoms with E-state index in [1.165, 1.54) is 14.2 Å². The predicted molar refractivity (Wildman–Crippen MR) is 95.0 cm³/mol. The summed E-state index contributed by atoms with van der Waals surface area (Å²) in [6, 6.07) is 5.17. The third-order valence-corrected chi connectivity index (χ3v) is 4.06. The Morgan fingerprint density at radius 2 is 1.87 bits per heavy atom. The molecule has 1 aromatic carbocycles. The molecular weight excluding hydrogens is 384 g/mol. The van der Waals surface area contributed by atoms with Crippen LogP contribution in [0.5, 0.6) is 11.5 Å². The maximum absolute atomic E-state index is 12.6. The molecule has 0 bridgehead atoms. The first-order chi connectivity index (χ1) is 10.9. The number of nitrogens with zero attached hydrogens (tertiary/aromatic N) is 1. The number of aromatic nitrogens is 1. The SMILES string of the molecule is COc1cc(OC)c(NC(=O)c2cc(Br)cn2C(C)C)cc1Cl. The first-order valence-electron chi connectivity index (χ1n) is 6.97. The van der Waals surface area contributed by atoms with E-state index >= 15 is 0 Å². The second-order valence-electron chi connectivity index (χ2n) is 5.19. The van der Waals surface area contributed by atoms with Crippen LogP contribution in [0.4, 0.5) is 5.69 Å². The number of carbonyl (C=O) groups excluding carboxylic acids is 1. The molecule has 0 aliphatic heterocycles. The number of hydrogen-bond donors (Lipinski definition) is 1. The Kier molecular flexibility index (Phi) is 5.59. The molecule has 0 saturated heterocycles. The first kappa shape index (κ1) is 17.7. The molecule has 23 heavy (non-hydrogen) atoms. The highest BCUT2D eigenvalue weighted by Crippen LogP contribution is 2.36. The first-order valence-corrected chi connectivity index (χ1v) is 8.14. The van der Waals surface area contributed by atoms with E-state index in [0.29, 0.717) is 27.9 Å². The zero-order valence-electron chi connectivity index (χ0n) is 13.3. The summed E-state index contributed by atoms with van der Waals surface area (Å²) in [4.78, 5) is 12.6. The van der Waals surface area contributed by atoms with E-state index in [2.05, 4.69) is 21.2 Å². The lowest BCUT2D eigenvalue weighted by Gasteiger charge is -2.15. The van der Waals surface area contributed by atoms with Crippen molar-refractivity contribution >= 4 is 39.1 Å². The second kappa shape index (κ2) is 7.27. The van der Waals surface area contributed by atoms with Crippen LogP contribution in [0.1, 0.15) is 30.4 Å². The van der Waals surface area contributed by atoms with Crippen LogP contribution in [-0.4, -0.2) is 24.7 Å². The van der Waals surface area contributed by atoms with E-state index in [0.717, 1.165) is 4.47 Å². The van der Waals surface area contributed by atoms with Gasteiger partial charge in [-0.2, -0.15) is 0 Å². The topological polar surface area (TPSA) is 52.5 Å². The van der Waals surface area contributed by atoms with Gasteiger partial charge in [0.15, 0.2) is 0 Å². The van der Waals surface area contributed by atoms with Crippen LogP contribution in [0.25, 0.3) is 0 Å². The molecule has 0 radical (unpaired) electrons. The Bertz CT molecular complexity index is 728. The number of nitrogens with one attached hydrogen (secondary N) is 1. The van der Waals surface area contributed by atoms with Gasteiger partial charge in [0, 0.05) is 22.8 Å². The van der Waals surface area contributed by atoms with Gasteiger partial charge in [-0.1, -0.05) is 11.6 Å². The van der Waals surface area contributed by atoms with Crippen molar-refractivity contribution in [2.45, 2.75) is 19.9 Å². The van der Waals surface area contributed by atoms with Crippen molar-refractivity contribution in [1.82, 2.24) is 4.57 Å². The Hall–Kier alpha value is -1.66. The monoisotopic (exact) mass is 400 g/mol. The van der Waals surface area contributed by atoms with Crippen LogP contribution < -0.4 is 14.8 Å². The van der Waals surface area contributed by atoms with Gasteiger partial charge in [-0.05, 0) is 41.9 Å². The third kappa shape index (κ3) is 3.82. The van der Waals surface area contributed by atoms with E-state index in [-0.39, 0.29) is 11.9 Å². The molecule has 1 aromatic heterocycles. The van der Waals surface area contributed by atoms with Gasteiger partial charge in [0.2, 0.25) is 0 Å². The smallest absolute Gasteiger partial charge is 0.272 e. The summed E-state index contributed by atoms with van der Waals surface area (Å²) in [6.07, 6.45) is 1.87. The number of rotatable bonds is 5. The molecule has 0 spiro atoms. The van der Waals surface area contributed by atoms with Gasteiger partial charge < -0.3 is 19.4 Å². The zero-order chi connectivity index (χ0) is 17.1. The van der Waals surface area contributed by atoms with E-state index in [1.807, 2.05) is 24.6 Å². The fourth-order valence-corrected chi connectivity index (χ4v) is 2.88. The fraction of sp³-hybridized carbons (Fsp3) is 0.312. The average molecular weight is 402 g/mol. The summed E-state index contributed by atoms with van der Waals surface area (Å²) in [5.74, 6) is 0.708. The number of benzene rings is 1. The standard InChI is InChI=1S/C16H18BrClN2O3/c1-9(2)20-8-10(17)5-13(20)16(21)19-12-6-11(18)14(22-3)7-15(12)23-4/h5-9H,1-4H3,(H,19,21). The molecule has 124 valence electrons. The van der Waals surface area contributed by atoms with Crippen molar-refractivity contribution in [3.8, 4) is 11.5 Å². The van der Waals surface area contributed by atoms with Gasteiger partial charge in [-0.3, -0.25) is 4.79 Å². The van der Waals surface area contributed by atoms with E-state index < -0.39 is 0 Å². The molecule has 0 aliphatic rings. The number of anilines is 1. The molecule has 2 aromatic rings. The van der Waals surface area contributed by atoms with Crippen molar-refractivity contribution in [3.05, 3.63) is 39.6 Å². The Labute approximate surface area is 148 Å². The van der Waals surface area contributed by atoms with E-state index in [9.17, 15) is 4.79 Å². The van der Waals surface area contributed by atoms with E-state index in [1.54, 1.807) is 18.2 Å². The minimum absolute atomic E-state index is 0.156. The second-order valence-corrected chi connectivity index (χ2v) is 6.51. The molecule has 0 saturated carbocycles. The molecule has 1 heterocycles. The zero-order valence-corrected chi connectivity index (χ0v) is 15.7. The van der Waals surface area contributed by atoms with Crippen LogP contribution in [0.3, 0.4) is 0 Å². The van der Waals surface area contributed by atoms with Crippen LogP contribution in [0.15, 0.2) is 28.9 Å². The van der Waals surface area contributed by atoms with Crippen LogP contribution in [0, 0.1) is 0 Å². The fourth-order valence-electron chi connectivity index (χ4n) is 2.20. The maximum Gasteiger partial charge on any atom is 0.272 e. The van der Waals surface area contributed by atoms with Crippen molar-refractivity contribution in [2.24, 2.45) is 0 Å². The van der Waals surface area contributed by atoms with Crippen LogP contribution >= 0.6 is 27.5 Å². The van der Waals surface area contributed by atoms with Crippen molar-refractivity contribution in [3.63, 3.8) is 0 Å². The molecule has 0 fully saturated rings. The molecule has 0 unspecified atom stereocenters. The molecular formula is C16H18BrClN2O3. The van der Waals surface area contributed by atoms with Gasteiger partial charge >= 0.3 is 0 Å². The Balaban J connectivity index is 2.36. The highest BCUT2D eigenvalue weighted by molar-refractivity contribution is 9.10. The molecule has 0 atom stereocenters. The van der Waals surface area contributed by atoms with Crippen LogP contribution in [0.2, 0.25) is 5.02 Å². The molecule has 1 amide bonds. The number of methoxy groups -OCH3 is 2. The summed E-state index contributed by atoms with van der Waals surface area (Å²) in [5.41, 5.74) is 1.02. The van der Waals surface area contributed by atoms with Crippen molar-refractivity contribution < 1.29 is 14.3 Å². The highest BCUT2D eigenvalue weighted by Gasteiger charge is 2.18. The molecule has 1 N–H and O–H groups in total. The van der Waals surface area contributed by atoms with E-state index in [4.69, 9.17) is 21.1 Å². The van der Waals surface area contributed by atoms with Gasteiger partial charge in [0.25, 0.3) is 5.91 Å². The minimum atomic E-state index is -0.246. The number of hydrogen-bond acceptors (Lipinski definition) is 3. The third-order valence-electron chi connectivity index (χ3n) is 3.33. The normalized spacial score (nSPS) is 10.7. The average Bonchev–Trinajstić information content (AvgIpc) is 2.90. The number of ether oxygens (including phenoxy) is 2. The maximum atomic E-state index is 12.6. The summed E-state index contributed by atoms with van der Waals surface area (Å²) in [5, 5.41) is 3.23. The minimum Gasteiger partial charge on any atom is -0.495 e. The summed E-state index contributed by atoms with van der Waals surface area (Å²) in [7, 11) is 3.04. The number of carbonyl (C=O) groups is 1. The van der Waals surface area contributed by atoms with Crippen molar-refractivity contribution in [1.29, 1.82) is 0 Å². The van der Waals surface area contributed by atoms with Gasteiger partial charge in [0.05, 0.1) is 24.9 Å². The molecule has 2 rings (SSSR count). The number of halogens is 2. The van der Waals surface area contributed by atoms with Gasteiger partial charge in [0.1, 0.15) is 17.2 Å². The quantitative estimate of drug-likeness (QED) is 0.786. The highest BCUT2D eigenvalue weighted by atomic mass is 79.9. The summed E-state index contributed by atoms with van der Waals surface area (Å²) < 4.78 is 13.2. The van der Waals surface area contributed by atoms with Crippen molar-refractivity contribution in [2.75, 3.05) is 19.5 Å². The largest absolute Gasteiger partial charge is 0.495 e. The lowest BCUT2D eigenvalue weighted by Crippen LogP contribution is -2.18. The molecule has 5 nitrogen and oxygen atoms in total. The molecule has 0 aliphatic carbocycles. The lowest BCUT2D eigenvalue weighted by molar-refractivity contribution is 0.101. The summed E-state index contributed by atoms with van der Waals surface area (Å²) in [6.45, 7) is 4.02. The van der Waals surface area contributed by atoms with Gasteiger partial charge in [-0.25, -0.2) is 0 Å². The van der Waals surface area contributed by atoms with Gasteiger partial charge in [-0.15, -0.1) is 0 Å². The predicted octanol–water partition coefficient (Wildman–Crippen LogP) is 4.75. The Morgan fingerprint density at radius 1 is 1.22 bits per heavy atom. The summed E-state index contributed by atoms with van der Waals surface area (Å²) >= 11 is 9.53. The Morgan fingerprint density at radius 3 is 2.43 bits per heavy atom.